The minimum atomic E-state index is 0.333. The lowest BCUT2D eigenvalue weighted by Crippen LogP contribution is -2.20. The molecule has 0 aromatic carbocycles. The average molecular weight is 195 g/mol. The maximum absolute atomic E-state index is 5.88. The van der Waals surface area contributed by atoms with Gasteiger partial charge in [0.1, 0.15) is 0 Å². The Hall–Kier alpha value is -0.830. The summed E-state index contributed by atoms with van der Waals surface area (Å²) in [6.45, 7) is 5.32. The van der Waals surface area contributed by atoms with Crippen LogP contribution in [0, 0.1) is 0 Å². The Morgan fingerprint density at radius 2 is 2.29 bits per heavy atom. The maximum Gasteiger partial charge on any atom is 0.0492 e. The molecule has 0 saturated carbocycles. The summed E-state index contributed by atoms with van der Waals surface area (Å²) in [5.74, 6) is 0. The van der Waals surface area contributed by atoms with E-state index in [0.717, 1.165) is 32.2 Å². The van der Waals surface area contributed by atoms with Gasteiger partial charge in [0.05, 0.1) is 0 Å². The van der Waals surface area contributed by atoms with Gasteiger partial charge in [0.25, 0.3) is 0 Å². The van der Waals surface area contributed by atoms with Gasteiger partial charge in [0.15, 0.2) is 0 Å². The summed E-state index contributed by atoms with van der Waals surface area (Å²) in [4.78, 5) is 0. The third kappa shape index (κ3) is 3.14. The van der Waals surface area contributed by atoms with E-state index in [2.05, 4.69) is 29.7 Å². The molecule has 80 valence electrons. The van der Waals surface area contributed by atoms with Crippen molar-refractivity contribution in [3.05, 3.63) is 18.0 Å². The van der Waals surface area contributed by atoms with Crippen LogP contribution < -0.4 is 5.73 Å². The number of nitrogens with two attached hydrogens (primary N) is 1. The van der Waals surface area contributed by atoms with Crippen molar-refractivity contribution in [1.29, 1.82) is 0 Å². The van der Waals surface area contributed by atoms with Crippen LogP contribution in [0.2, 0.25) is 0 Å². The van der Waals surface area contributed by atoms with Gasteiger partial charge in [-0.05, 0) is 31.7 Å². The van der Waals surface area contributed by atoms with Crippen molar-refractivity contribution in [2.24, 2.45) is 5.73 Å². The van der Waals surface area contributed by atoms with Crippen LogP contribution in [0.4, 0.5) is 0 Å². The second-order valence-electron chi connectivity index (χ2n) is 3.75. The second kappa shape index (κ2) is 5.81. The smallest absolute Gasteiger partial charge is 0.0492 e. The minimum Gasteiger partial charge on any atom is -0.328 e. The van der Waals surface area contributed by atoms with Gasteiger partial charge in [-0.15, -0.1) is 0 Å². The summed E-state index contributed by atoms with van der Waals surface area (Å²) >= 11 is 0. The molecule has 1 aromatic rings. The largest absolute Gasteiger partial charge is 0.328 e. The van der Waals surface area contributed by atoms with Gasteiger partial charge in [-0.3, -0.25) is 4.68 Å². The molecule has 0 fully saturated rings. The highest BCUT2D eigenvalue weighted by atomic mass is 15.3. The Morgan fingerprint density at radius 1 is 1.50 bits per heavy atom. The first-order chi connectivity index (χ1) is 6.77. The van der Waals surface area contributed by atoms with Crippen molar-refractivity contribution in [2.45, 2.75) is 52.1 Å². The van der Waals surface area contributed by atoms with E-state index in [1.165, 1.54) is 5.69 Å². The standard InChI is InChI=1S/C11H21N3/c1-3-9-14-11(7-8-13-14)6-5-10(12)4-2/h7-8,10H,3-6,9,12H2,1-2H3. The Morgan fingerprint density at radius 3 is 2.93 bits per heavy atom. The molecular formula is C11H21N3. The molecule has 14 heavy (non-hydrogen) atoms. The molecule has 1 heterocycles. The molecule has 1 unspecified atom stereocenters. The fourth-order valence-electron chi connectivity index (χ4n) is 1.52. The summed E-state index contributed by atoms with van der Waals surface area (Å²) in [5, 5.41) is 4.29. The van der Waals surface area contributed by atoms with Gasteiger partial charge in [-0.2, -0.15) is 5.10 Å². The van der Waals surface area contributed by atoms with Crippen LogP contribution in [-0.2, 0) is 13.0 Å². The molecular weight excluding hydrogens is 174 g/mol. The molecule has 0 saturated heterocycles. The lowest BCUT2D eigenvalue weighted by atomic mass is 10.1. The molecule has 1 aromatic heterocycles. The van der Waals surface area contributed by atoms with Crippen LogP contribution in [0.5, 0.6) is 0 Å². The van der Waals surface area contributed by atoms with Crippen LogP contribution in [0.15, 0.2) is 12.3 Å². The topological polar surface area (TPSA) is 43.8 Å². The lowest BCUT2D eigenvalue weighted by Gasteiger charge is -2.09. The van der Waals surface area contributed by atoms with Gasteiger partial charge < -0.3 is 5.73 Å². The molecule has 2 N–H and O–H groups in total. The Bertz CT molecular complexity index is 255. The lowest BCUT2D eigenvalue weighted by molar-refractivity contribution is 0.538. The number of aromatic nitrogens is 2. The Labute approximate surface area is 86.3 Å². The van der Waals surface area contributed by atoms with Crippen molar-refractivity contribution >= 4 is 0 Å². The molecule has 0 aliphatic carbocycles. The normalized spacial score (nSPS) is 13.1. The molecule has 3 heteroatoms. The third-order valence-corrected chi connectivity index (χ3v) is 2.54. The molecule has 3 nitrogen and oxygen atoms in total. The molecule has 0 aliphatic rings. The fraction of sp³-hybridized carbons (Fsp3) is 0.727. The zero-order valence-electron chi connectivity index (χ0n) is 9.24. The van der Waals surface area contributed by atoms with E-state index in [9.17, 15) is 0 Å². The SMILES string of the molecule is CCCn1nccc1CCC(N)CC. The number of aryl methyl sites for hydroxylation is 2. The molecule has 0 aliphatic heterocycles. The van der Waals surface area contributed by atoms with Crippen molar-refractivity contribution in [3.63, 3.8) is 0 Å². The Balaban J connectivity index is 2.45. The van der Waals surface area contributed by atoms with E-state index >= 15 is 0 Å². The number of hydrogen-bond donors (Lipinski definition) is 1. The predicted molar refractivity (Wildman–Crippen MR) is 59.1 cm³/mol. The predicted octanol–water partition coefficient (Wildman–Crippen LogP) is 1.96. The quantitative estimate of drug-likeness (QED) is 0.754. The van der Waals surface area contributed by atoms with Crippen LogP contribution in [0.3, 0.4) is 0 Å². The maximum atomic E-state index is 5.88. The highest BCUT2D eigenvalue weighted by molar-refractivity contribution is 5.01. The van der Waals surface area contributed by atoms with Gasteiger partial charge in [0.2, 0.25) is 0 Å². The number of rotatable bonds is 6. The summed E-state index contributed by atoms with van der Waals surface area (Å²) in [7, 11) is 0. The first kappa shape index (κ1) is 11.2. The van der Waals surface area contributed by atoms with Crippen LogP contribution in [0.1, 0.15) is 38.8 Å². The summed E-state index contributed by atoms with van der Waals surface area (Å²) in [6.07, 6.45) is 6.18. The van der Waals surface area contributed by atoms with Crippen molar-refractivity contribution in [1.82, 2.24) is 9.78 Å². The fourth-order valence-corrected chi connectivity index (χ4v) is 1.52. The summed E-state index contributed by atoms with van der Waals surface area (Å²) in [6, 6.07) is 2.43. The number of nitrogens with zero attached hydrogens (tertiary/aromatic N) is 2. The monoisotopic (exact) mass is 195 g/mol. The van der Waals surface area contributed by atoms with Crippen molar-refractivity contribution in [3.8, 4) is 0 Å². The first-order valence-corrected chi connectivity index (χ1v) is 5.54. The van der Waals surface area contributed by atoms with Crippen LogP contribution >= 0.6 is 0 Å². The molecule has 0 radical (unpaired) electrons. The summed E-state index contributed by atoms with van der Waals surface area (Å²) in [5.41, 5.74) is 7.20. The first-order valence-electron chi connectivity index (χ1n) is 5.54. The number of hydrogen-bond acceptors (Lipinski definition) is 2. The Kier molecular flexibility index (Phi) is 4.66. The van der Waals surface area contributed by atoms with E-state index in [0.29, 0.717) is 6.04 Å². The van der Waals surface area contributed by atoms with Crippen molar-refractivity contribution < 1.29 is 0 Å². The molecule has 1 rings (SSSR count). The molecule has 1 atom stereocenters. The van der Waals surface area contributed by atoms with Crippen LogP contribution in [0.25, 0.3) is 0 Å². The zero-order valence-corrected chi connectivity index (χ0v) is 9.24. The van der Waals surface area contributed by atoms with E-state index in [-0.39, 0.29) is 0 Å². The van der Waals surface area contributed by atoms with E-state index in [1.807, 2.05) is 6.20 Å². The van der Waals surface area contributed by atoms with E-state index in [4.69, 9.17) is 5.73 Å². The highest BCUT2D eigenvalue weighted by Crippen LogP contribution is 2.06. The van der Waals surface area contributed by atoms with E-state index in [1.54, 1.807) is 0 Å². The summed E-state index contributed by atoms with van der Waals surface area (Å²) < 4.78 is 2.09. The van der Waals surface area contributed by atoms with Gasteiger partial charge >= 0.3 is 0 Å². The van der Waals surface area contributed by atoms with Gasteiger partial charge in [-0.1, -0.05) is 13.8 Å². The average Bonchev–Trinajstić information content (AvgIpc) is 2.62. The van der Waals surface area contributed by atoms with Crippen molar-refractivity contribution in [2.75, 3.05) is 0 Å². The zero-order chi connectivity index (χ0) is 10.4. The van der Waals surface area contributed by atoms with E-state index < -0.39 is 0 Å². The van der Waals surface area contributed by atoms with Crippen LogP contribution in [-0.4, -0.2) is 15.8 Å². The third-order valence-electron chi connectivity index (χ3n) is 2.54. The molecule has 0 amide bonds. The van der Waals surface area contributed by atoms with Gasteiger partial charge in [0, 0.05) is 24.5 Å². The minimum absolute atomic E-state index is 0.333. The van der Waals surface area contributed by atoms with Gasteiger partial charge in [-0.25, -0.2) is 0 Å². The second-order valence-corrected chi connectivity index (χ2v) is 3.75. The highest BCUT2D eigenvalue weighted by Gasteiger charge is 2.04. The molecule has 0 spiro atoms. The molecule has 0 bridgehead atoms.